The maximum absolute atomic E-state index is 13.6. The number of benzene rings is 3. The summed E-state index contributed by atoms with van der Waals surface area (Å²) >= 11 is 0. The Balaban J connectivity index is 1.68. The largest absolute Gasteiger partial charge is 0.478 e. The summed E-state index contributed by atoms with van der Waals surface area (Å²) in [5.41, 5.74) is 4.45. The van der Waals surface area contributed by atoms with Gasteiger partial charge >= 0.3 is 5.97 Å². The first-order chi connectivity index (χ1) is 19.4. The van der Waals surface area contributed by atoms with Crippen LogP contribution in [0.1, 0.15) is 39.9 Å². The minimum absolute atomic E-state index is 0.124. The van der Waals surface area contributed by atoms with E-state index < -0.39 is 5.97 Å². The Bertz CT molecular complexity index is 1560. The van der Waals surface area contributed by atoms with Crippen molar-refractivity contribution < 1.29 is 14.7 Å². The summed E-state index contributed by atoms with van der Waals surface area (Å²) in [5.74, 6) is -0.962. The molecule has 0 unspecified atom stereocenters. The van der Waals surface area contributed by atoms with Crippen LogP contribution in [0.3, 0.4) is 0 Å². The van der Waals surface area contributed by atoms with Crippen molar-refractivity contribution in [3.8, 4) is 12.1 Å². The van der Waals surface area contributed by atoms with Crippen LogP contribution in [0.2, 0.25) is 0 Å². The third-order valence-electron chi connectivity index (χ3n) is 6.38. The molecule has 1 N–H and O–H groups in total. The Morgan fingerprint density at radius 3 is 2.25 bits per heavy atom. The Labute approximate surface area is 233 Å². The molecule has 3 aromatic carbocycles. The third-order valence-corrected chi connectivity index (χ3v) is 6.38. The van der Waals surface area contributed by atoms with E-state index in [0.29, 0.717) is 37.5 Å². The highest BCUT2D eigenvalue weighted by atomic mass is 16.4. The number of carbonyl (C=O) groups excluding carboxylic acids is 1. The van der Waals surface area contributed by atoms with Gasteiger partial charge in [0.1, 0.15) is 11.5 Å². The summed E-state index contributed by atoms with van der Waals surface area (Å²) in [5, 5.41) is 27.3. The number of hydrogen-bond donors (Lipinski definition) is 1. The fraction of sp³-hybridized carbons (Fsp3) is 0.156. The van der Waals surface area contributed by atoms with Gasteiger partial charge in [0.25, 0.3) is 5.91 Å². The van der Waals surface area contributed by atoms with Crippen molar-refractivity contribution in [2.75, 3.05) is 22.9 Å². The molecule has 0 aromatic heterocycles. The SMILES string of the molecule is Cc1cc(N(CCC#N)CCC#N)ccc1/C=C1N=C(/C=C/c2ccccc2)N(c2ccc(C(=O)O)cc2)C\1=O. The van der Waals surface area contributed by atoms with Crippen LogP contribution in [-0.2, 0) is 4.79 Å². The van der Waals surface area contributed by atoms with E-state index in [1.807, 2.05) is 66.4 Å². The molecule has 0 fully saturated rings. The van der Waals surface area contributed by atoms with Gasteiger partial charge < -0.3 is 10.0 Å². The molecule has 4 rings (SSSR count). The van der Waals surface area contributed by atoms with Crippen LogP contribution in [0.4, 0.5) is 11.4 Å². The fourth-order valence-electron chi connectivity index (χ4n) is 4.29. The Morgan fingerprint density at radius 2 is 1.65 bits per heavy atom. The molecule has 0 aliphatic carbocycles. The van der Waals surface area contributed by atoms with E-state index in [2.05, 4.69) is 17.1 Å². The second-order valence-electron chi connectivity index (χ2n) is 9.08. The second kappa shape index (κ2) is 12.9. The highest BCUT2D eigenvalue weighted by Crippen LogP contribution is 2.28. The number of nitriles is 2. The van der Waals surface area contributed by atoms with Gasteiger partial charge in [0.15, 0.2) is 0 Å². The van der Waals surface area contributed by atoms with Crippen LogP contribution < -0.4 is 9.80 Å². The normalized spacial score (nSPS) is 13.8. The molecular weight excluding hydrogens is 502 g/mol. The van der Waals surface area contributed by atoms with E-state index >= 15 is 0 Å². The number of aliphatic imine (C=N–C) groups is 1. The topological polar surface area (TPSA) is 121 Å². The van der Waals surface area contributed by atoms with Crippen molar-refractivity contribution in [1.82, 2.24) is 0 Å². The van der Waals surface area contributed by atoms with Gasteiger partial charge in [-0.05, 0) is 72.2 Å². The molecule has 0 spiro atoms. The molecule has 3 aromatic rings. The second-order valence-corrected chi connectivity index (χ2v) is 9.08. The summed E-state index contributed by atoms with van der Waals surface area (Å²) in [6.45, 7) is 2.98. The maximum atomic E-state index is 13.6. The molecule has 1 aliphatic rings. The summed E-state index contributed by atoms with van der Waals surface area (Å²) < 4.78 is 0. The van der Waals surface area contributed by atoms with E-state index in [0.717, 1.165) is 22.4 Å². The zero-order valence-corrected chi connectivity index (χ0v) is 22.0. The lowest BCUT2D eigenvalue weighted by molar-refractivity contribution is -0.113. The zero-order valence-electron chi connectivity index (χ0n) is 22.0. The van der Waals surface area contributed by atoms with Crippen LogP contribution in [0.15, 0.2) is 89.6 Å². The molecule has 8 heteroatoms. The lowest BCUT2D eigenvalue weighted by Crippen LogP contribution is -2.30. The Morgan fingerprint density at radius 1 is 0.975 bits per heavy atom. The Hall–Kier alpha value is -5.47. The van der Waals surface area contributed by atoms with Crippen molar-refractivity contribution in [3.63, 3.8) is 0 Å². The van der Waals surface area contributed by atoms with Gasteiger partial charge in [0.05, 0.1) is 36.2 Å². The van der Waals surface area contributed by atoms with Crippen molar-refractivity contribution in [1.29, 1.82) is 10.5 Å². The molecule has 1 heterocycles. The smallest absolute Gasteiger partial charge is 0.335 e. The van der Waals surface area contributed by atoms with Gasteiger partial charge in [0, 0.05) is 18.8 Å². The zero-order chi connectivity index (χ0) is 28.5. The molecule has 1 amide bonds. The van der Waals surface area contributed by atoms with Crippen LogP contribution >= 0.6 is 0 Å². The number of carboxylic acid groups (broad SMARTS) is 1. The molecule has 0 atom stereocenters. The lowest BCUT2D eigenvalue weighted by atomic mass is 10.1. The highest BCUT2D eigenvalue weighted by Gasteiger charge is 2.30. The standard InChI is InChI=1S/C32H27N5O3/c1-23-21-28(36(19-5-17-33)20-6-18-34)15-12-26(23)22-29-31(38)37(27-13-10-25(11-14-27)32(39)40)30(35-29)16-9-24-7-3-2-4-8-24/h2-4,7-16,21-22H,5-6,19-20H2,1H3,(H,39,40)/b16-9+,29-22-. The van der Waals surface area contributed by atoms with E-state index in [1.165, 1.54) is 17.0 Å². The molecular formula is C32H27N5O3. The number of anilines is 2. The number of nitrogens with zero attached hydrogens (tertiary/aromatic N) is 5. The number of aryl methyl sites for hydroxylation is 1. The predicted octanol–water partition coefficient (Wildman–Crippen LogP) is 5.83. The number of rotatable bonds is 10. The van der Waals surface area contributed by atoms with Gasteiger partial charge in [0.2, 0.25) is 0 Å². The summed E-state index contributed by atoms with van der Waals surface area (Å²) in [6.07, 6.45) is 6.06. The number of carbonyl (C=O) groups is 2. The number of carboxylic acids is 1. The van der Waals surface area contributed by atoms with Crippen molar-refractivity contribution in [2.45, 2.75) is 19.8 Å². The summed E-state index contributed by atoms with van der Waals surface area (Å²) in [4.78, 5) is 33.0. The number of amidine groups is 1. The predicted molar refractivity (Wildman–Crippen MR) is 156 cm³/mol. The quantitative estimate of drug-likeness (QED) is 0.330. The maximum Gasteiger partial charge on any atom is 0.335 e. The first-order valence-corrected chi connectivity index (χ1v) is 12.7. The van der Waals surface area contributed by atoms with Crippen molar-refractivity contribution in [2.24, 2.45) is 4.99 Å². The first-order valence-electron chi connectivity index (χ1n) is 12.7. The minimum Gasteiger partial charge on any atom is -0.478 e. The average Bonchev–Trinajstić information content (AvgIpc) is 3.28. The minimum atomic E-state index is -1.05. The summed E-state index contributed by atoms with van der Waals surface area (Å²) in [6, 6.07) is 25.8. The first kappa shape index (κ1) is 27.6. The molecule has 0 bridgehead atoms. The summed E-state index contributed by atoms with van der Waals surface area (Å²) in [7, 11) is 0. The van der Waals surface area contributed by atoms with Crippen LogP contribution in [0, 0.1) is 29.6 Å². The van der Waals surface area contributed by atoms with Gasteiger partial charge in [-0.3, -0.25) is 9.69 Å². The molecule has 0 saturated carbocycles. The van der Waals surface area contributed by atoms with E-state index in [-0.39, 0.29) is 17.2 Å². The Kier molecular flexibility index (Phi) is 8.86. The molecule has 198 valence electrons. The van der Waals surface area contributed by atoms with Gasteiger partial charge in [-0.1, -0.05) is 42.5 Å². The van der Waals surface area contributed by atoms with Gasteiger partial charge in [-0.25, -0.2) is 9.79 Å². The fourth-order valence-corrected chi connectivity index (χ4v) is 4.29. The number of amides is 1. The molecule has 8 nitrogen and oxygen atoms in total. The van der Waals surface area contributed by atoms with Crippen LogP contribution in [0.25, 0.3) is 12.2 Å². The van der Waals surface area contributed by atoms with E-state index in [9.17, 15) is 14.7 Å². The van der Waals surface area contributed by atoms with Gasteiger partial charge in [-0.2, -0.15) is 10.5 Å². The van der Waals surface area contributed by atoms with Crippen molar-refractivity contribution in [3.05, 3.63) is 107 Å². The molecule has 0 saturated heterocycles. The molecule has 40 heavy (non-hydrogen) atoms. The molecule has 0 radical (unpaired) electrons. The number of aromatic carboxylic acids is 1. The number of hydrogen-bond acceptors (Lipinski definition) is 6. The average molecular weight is 530 g/mol. The van der Waals surface area contributed by atoms with Crippen molar-refractivity contribution >= 4 is 41.2 Å². The monoisotopic (exact) mass is 529 g/mol. The highest BCUT2D eigenvalue weighted by molar-refractivity contribution is 6.32. The van der Waals surface area contributed by atoms with Gasteiger partial charge in [-0.15, -0.1) is 0 Å². The van der Waals surface area contributed by atoms with E-state index in [1.54, 1.807) is 24.3 Å². The lowest BCUT2D eigenvalue weighted by Gasteiger charge is -2.23. The van der Waals surface area contributed by atoms with Crippen LogP contribution in [0.5, 0.6) is 0 Å². The third kappa shape index (κ3) is 6.50. The van der Waals surface area contributed by atoms with E-state index in [4.69, 9.17) is 10.5 Å². The molecule has 1 aliphatic heterocycles. The van der Waals surface area contributed by atoms with Crippen LogP contribution in [-0.4, -0.2) is 35.9 Å².